The molecule has 2 heterocycles. The predicted octanol–water partition coefficient (Wildman–Crippen LogP) is 13.2. The molecule has 0 N–H and O–H groups in total. The lowest BCUT2D eigenvalue weighted by Gasteiger charge is -2.20. The van der Waals surface area contributed by atoms with Gasteiger partial charge in [-0.2, -0.15) is 0 Å². The molecule has 0 atom stereocenters. The fourth-order valence-electron chi connectivity index (χ4n) is 8.81. The van der Waals surface area contributed by atoms with Crippen LogP contribution < -0.4 is 10.4 Å². The normalized spacial score (nSPS) is 13.3. The summed E-state index contributed by atoms with van der Waals surface area (Å²) in [6.07, 6.45) is 18.9. The third kappa shape index (κ3) is 5.09. The van der Waals surface area contributed by atoms with E-state index in [2.05, 4.69) is 147 Å². The summed E-state index contributed by atoms with van der Waals surface area (Å²) >= 11 is 0. The van der Waals surface area contributed by atoms with E-state index in [9.17, 15) is 0 Å². The first-order valence-electron chi connectivity index (χ1n) is 18.8. The standard InChI is InChI=1S/C52H38O2/c1-3-39-40(4-2)49(38-27-26-33-15-5-6-16-35(33)32-38)42-21-8-7-20-41(42)48(39)37-18-13-17-36(31-37)34-19-14-30-53-51-44-23-10-9-22-43(44)50-45-24-11-12-25-47(45)54-52(50)46(51)29-28-34/h3-6,9-10,12-23,25-32H,1-2,7-8,11,24H2. The predicted molar refractivity (Wildman–Crippen MR) is 230 cm³/mol. The molecule has 2 aliphatic carbocycles. The fourth-order valence-corrected chi connectivity index (χ4v) is 8.81. The van der Waals surface area contributed by atoms with Gasteiger partial charge in [0.15, 0.2) is 0 Å². The molecule has 10 rings (SSSR count). The minimum atomic E-state index is 0.807. The van der Waals surface area contributed by atoms with Gasteiger partial charge < -0.3 is 8.83 Å². The molecule has 2 nitrogen and oxygen atoms in total. The summed E-state index contributed by atoms with van der Waals surface area (Å²) in [7, 11) is 0. The summed E-state index contributed by atoms with van der Waals surface area (Å²) in [5.41, 5.74) is 12.1. The zero-order valence-corrected chi connectivity index (χ0v) is 30.1. The van der Waals surface area contributed by atoms with Crippen molar-refractivity contribution in [2.75, 3.05) is 0 Å². The highest BCUT2D eigenvalue weighted by Gasteiger charge is 2.21. The average Bonchev–Trinajstić information content (AvgIpc) is 3.66. The zero-order valence-electron chi connectivity index (χ0n) is 30.1. The molecule has 0 saturated carbocycles. The Balaban J connectivity index is 1.18. The molecule has 2 aliphatic rings. The Labute approximate surface area is 314 Å². The lowest BCUT2D eigenvalue weighted by atomic mass is 9.83. The number of rotatable bonds is 5. The summed E-state index contributed by atoms with van der Waals surface area (Å²) in [6, 6.07) is 41.2. The molecule has 0 unspecified atom stereocenters. The Hall–Kier alpha value is -6.64. The maximum absolute atomic E-state index is 6.63. The molecule has 0 fully saturated rings. The van der Waals surface area contributed by atoms with Gasteiger partial charge in [-0.05, 0) is 127 Å². The molecule has 0 radical (unpaired) electrons. The number of fused-ring (bicyclic) bond motifs is 10. The topological polar surface area (TPSA) is 26.3 Å². The molecular weight excluding hydrogens is 657 g/mol. The number of furan rings is 1. The summed E-state index contributed by atoms with van der Waals surface area (Å²) in [5, 5.41) is 9.37. The SMILES string of the molecule is C=Cc1c(C=C)c(-c2ccc3ccccc3c2)c2c(c1-c1cccc(-c3cccoc4c5ccccc5c5c6c(oc5c4cc3)C=CCC6)c1)=CCCC=2. The minimum Gasteiger partial charge on any atom is -0.464 e. The quantitative estimate of drug-likeness (QED) is 0.179. The van der Waals surface area contributed by atoms with Crippen LogP contribution in [0.25, 0.3) is 107 Å². The molecule has 2 heteroatoms. The second kappa shape index (κ2) is 13.1. The van der Waals surface area contributed by atoms with E-state index in [1.807, 2.05) is 18.2 Å². The lowest BCUT2D eigenvalue weighted by Crippen LogP contribution is -2.33. The first-order chi connectivity index (χ1) is 26.7. The monoisotopic (exact) mass is 694 g/mol. The molecule has 258 valence electrons. The minimum absolute atomic E-state index is 0.807. The number of allylic oxidation sites excluding steroid dienone is 1. The Morgan fingerprint density at radius 1 is 0.537 bits per heavy atom. The van der Waals surface area contributed by atoms with Crippen LogP contribution in [0, 0.1) is 0 Å². The van der Waals surface area contributed by atoms with Crippen molar-refractivity contribution in [1.82, 2.24) is 0 Å². The summed E-state index contributed by atoms with van der Waals surface area (Å²) < 4.78 is 13.1. The second-order valence-corrected chi connectivity index (χ2v) is 14.2. The van der Waals surface area contributed by atoms with Crippen LogP contribution in [0.5, 0.6) is 0 Å². The van der Waals surface area contributed by atoms with Crippen molar-refractivity contribution in [2.24, 2.45) is 0 Å². The summed E-state index contributed by atoms with van der Waals surface area (Å²) in [5.74, 6) is 0.947. The van der Waals surface area contributed by atoms with Gasteiger partial charge in [0, 0.05) is 16.3 Å². The summed E-state index contributed by atoms with van der Waals surface area (Å²) in [6.45, 7) is 8.72. The van der Waals surface area contributed by atoms with Gasteiger partial charge in [0.2, 0.25) is 0 Å². The van der Waals surface area contributed by atoms with E-state index in [4.69, 9.17) is 8.83 Å². The number of hydrogen-bond acceptors (Lipinski definition) is 2. The highest BCUT2D eigenvalue weighted by atomic mass is 16.3. The van der Waals surface area contributed by atoms with E-state index < -0.39 is 0 Å². The Bertz CT molecular complexity index is 3090. The van der Waals surface area contributed by atoms with Crippen molar-refractivity contribution in [1.29, 1.82) is 0 Å². The number of benzene rings is 6. The molecule has 0 aliphatic heterocycles. The lowest BCUT2D eigenvalue weighted by molar-refractivity contribution is 0.594. The summed E-state index contributed by atoms with van der Waals surface area (Å²) in [4.78, 5) is 0. The van der Waals surface area contributed by atoms with Crippen LogP contribution in [-0.4, -0.2) is 0 Å². The number of aryl methyl sites for hydroxylation is 1. The van der Waals surface area contributed by atoms with E-state index in [1.165, 1.54) is 48.8 Å². The molecular formula is C52H38O2. The van der Waals surface area contributed by atoms with E-state index in [0.717, 1.165) is 86.6 Å². The molecule has 6 aromatic carbocycles. The Morgan fingerprint density at radius 3 is 2.02 bits per heavy atom. The van der Waals surface area contributed by atoms with Crippen LogP contribution in [0.15, 0.2) is 150 Å². The third-order valence-corrected chi connectivity index (χ3v) is 11.2. The van der Waals surface area contributed by atoms with Gasteiger partial charge in [0.05, 0.1) is 11.6 Å². The molecule has 0 saturated heterocycles. The molecule has 0 amide bonds. The van der Waals surface area contributed by atoms with Gasteiger partial charge in [0.1, 0.15) is 16.9 Å². The first-order valence-corrected chi connectivity index (χ1v) is 18.8. The van der Waals surface area contributed by atoms with Crippen molar-refractivity contribution in [2.45, 2.75) is 25.7 Å². The van der Waals surface area contributed by atoms with Gasteiger partial charge in [0.25, 0.3) is 0 Å². The highest BCUT2D eigenvalue weighted by molar-refractivity contribution is 6.23. The van der Waals surface area contributed by atoms with Crippen molar-refractivity contribution >= 4 is 73.9 Å². The van der Waals surface area contributed by atoms with Crippen molar-refractivity contribution in [3.05, 3.63) is 174 Å². The van der Waals surface area contributed by atoms with Crippen LogP contribution >= 0.6 is 0 Å². The van der Waals surface area contributed by atoms with E-state index in [1.54, 1.807) is 6.26 Å². The van der Waals surface area contributed by atoms with Gasteiger partial charge in [-0.1, -0.05) is 135 Å². The van der Waals surface area contributed by atoms with Gasteiger partial charge in [-0.3, -0.25) is 0 Å². The first kappa shape index (κ1) is 32.0. The van der Waals surface area contributed by atoms with Crippen LogP contribution in [0.2, 0.25) is 0 Å². The third-order valence-electron chi connectivity index (χ3n) is 11.2. The van der Waals surface area contributed by atoms with E-state index in [0.29, 0.717) is 0 Å². The Morgan fingerprint density at radius 2 is 1.22 bits per heavy atom. The van der Waals surface area contributed by atoms with Crippen LogP contribution in [0.1, 0.15) is 41.7 Å². The maximum atomic E-state index is 6.63. The molecule has 54 heavy (non-hydrogen) atoms. The van der Waals surface area contributed by atoms with Crippen molar-refractivity contribution in [3.8, 4) is 33.4 Å². The largest absolute Gasteiger partial charge is 0.464 e. The van der Waals surface area contributed by atoms with Crippen LogP contribution in [0.3, 0.4) is 0 Å². The van der Waals surface area contributed by atoms with Crippen LogP contribution in [0.4, 0.5) is 0 Å². The van der Waals surface area contributed by atoms with Gasteiger partial charge in [-0.15, -0.1) is 0 Å². The van der Waals surface area contributed by atoms with Gasteiger partial charge in [-0.25, -0.2) is 0 Å². The molecule has 0 bridgehead atoms. The Kier molecular flexibility index (Phi) is 7.77. The maximum Gasteiger partial charge on any atom is 0.146 e. The average molecular weight is 695 g/mol. The van der Waals surface area contributed by atoms with Crippen LogP contribution in [-0.2, 0) is 6.42 Å². The van der Waals surface area contributed by atoms with E-state index >= 15 is 0 Å². The smallest absolute Gasteiger partial charge is 0.146 e. The van der Waals surface area contributed by atoms with Gasteiger partial charge >= 0.3 is 0 Å². The molecule has 0 spiro atoms. The van der Waals surface area contributed by atoms with Crippen molar-refractivity contribution in [3.63, 3.8) is 0 Å². The van der Waals surface area contributed by atoms with Crippen molar-refractivity contribution < 1.29 is 8.83 Å². The molecule has 2 aromatic heterocycles. The van der Waals surface area contributed by atoms with E-state index in [-0.39, 0.29) is 0 Å². The molecule has 8 aromatic rings. The highest BCUT2D eigenvalue weighted by Crippen LogP contribution is 2.41. The fraction of sp³-hybridized carbons (Fsp3) is 0.0769. The number of hydrogen-bond donors (Lipinski definition) is 0. The zero-order chi connectivity index (χ0) is 36.2. The second-order valence-electron chi connectivity index (χ2n) is 14.2.